The zero-order chi connectivity index (χ0) is 34.8. The summed E-state index contributed by atoms with van der Waals surface area (Å²) in [6.07, 6.45) is 8.37. The highest BCUT2D eigenvalue weighted by Crippen LogP contribution is 2.40. The van der Waals surface area contributed by atoms with E-state index in [0.717, 1.165) is 95.5 Å². The zero-order valence-electron chi connectivity index (χ0n) is 29.4. The van der Waals surface area contributed by atoms with Gasteiger partial charge in [-0.25, -0.2) is 9.97 Å². The van der Waals surface area contributed by atoms with Crippen LogP contribution in [0.25, 0.3) is 33.6 Å². The Kier molecular flexibility index (Phi) is 10.3. The molecule has 4 heterocycles. The van der Waals surface area contributed by atoms with Crippen molar-refractivity contribution in [1.82, 2.24) is 40.8 Å². The summed E-state index contributed by atoms with van der Waals surface area (Å²) in [6.45, 7) is 12.6. The van der Waals surface area contributed by atoms with Gasteiger partial charge < -0.3 is 25.4 Å². The van der Waals surface area contributed by atoms with Gasteiger partial charge in [0.1, 0.15) is 11.4 Å². The van der Waals surface area contributed by atoms with Gasteiger partial charge in [0.25, 0.3) is 0 Å². The molecule has 7 rings (SSSR count). The van der Waals surface area contributed by atoms with Crippen LogP contribution in [0, 0.1) is 12.8 Å². The van der Waals surface area contributed by atoms with E-state index in [2.05, 4.69) is 53.4 Å². The van der Waals surface area contributed by atoms with E-state index in [-0.39, 0.29) is 6.04 Å². The highest BCUT2D eigenvalue weighted by atomic mass is 35.5. The summed E-state index contributed by atoms with van der Waals surface area (Å²) in [5.41, 5.74) is 8.81. The molecule has 2 aromatic carbocycles. The average molecular weight is 695 g/mol. The van der Waals surface area contributed by atoms with Gasteiger partial charge in [-0.1, -0.05) is 54.6 Å². The number of rotatable bonds is 12. The Bertz CT molecular complexity index is 1860. The highest BCUT2D eigenvalue weighted by Gasteiger charge is 2.34. The third-order valence-corrected chi connectivity index (χ3v) is 10.8. The minimum Gasteiger partial charge on any atom is -0.480 e. The first-order valence-corrected chi connectivity index (χ1v) is 18.0. The van der Waals surface area contributed by atoms with E-state index < -0.39 is 0 Å². The van der Waals surface area contributed by atoms with Gasteiger partial charge in [-0.2, -0.15) is 0 Å². The number of halogens is 1. The van der Waals surface area contributed by atoms with Crippen LogP contribution in [0.4, 0.5) is 0 Å². The second kappa shape index (κ2) is 15.0. The third kappa shape index (κ3) is 7.35. The standard InChI is InChI=1S/C39H47ClN8O2/c1-23-12-15-31(45-23)25(3)42-20-34-38(49-4)47-33(19-43-34)30-11-7-10-29(37(30)40)27-8-6-9-28(24(27)2)32-18-44-36(39(46-32)50-5)22-48-17-16-41-35(21-48)26-13-14-26/h6-11,18-19,25-26,31,35,41-42,45H,1,12-17,20-22H2,2-5H3. The predicted molar refractivity (Wildman–Crippen MR) is 198 cm³/mol. The number of benzene rings is 2. The molecule has 1 aliphatic carbocycles. The second-order valence-corrected chi connectivity index (χ2v) is 14.1. The lowest BCUT2D eigenvalue weighted by molar-refractivity contribution is 0.177. The number of ether oxygens (including phenoxy) is 2. The van der Waals surface area contributed by atoms with E-state index in [1.807, 2.05) is 30.5 Å². The van der Waals surface area contributed by atoms with Crippen LogP contribution < -0.4 is 25.4 Å². The Morgan fingerprint density at radius 3 is 2.30 bits per heavy atom. The van der Waals surface area contributed by atoms with E-state index in [1.54, 1.807) is 20.4 Å². The van der Waals surface area contributed by atoms with Gasteiger partial charge in [-0.05, 0) is 56.6 Å². The molecule has 3 N–H and O–H groups in total. The van der Waals surface area contributed by atoms with Crippen molar-refractivity contribution >= 4 is 11.6 Å². The van der Waals surface area contributed by atoms with Crippen LogP contribution in [-0.4, -0.2) is 76.8 Å². The molecule has 3 fully saturated rings. The highest BCUT2D eigenvalue weighted by molar-refractivity contribution is 6.36. The lowest BCUT2D eigenvalue weighted by atomic mass is 9.93. The molecule has 2 saturated heterocycles. The fourth-order valence-corrected chi connectivity index (χ4v) is 7.60. The van der Waals surface area contributed by atoms with Gasteiger partial charge in [-0.3, -0.25) is 14.9 Å². The molecule has 2 aromatic heterocycles. The summed E-state index contributed by atoms with van der Waals surface area (Å²) in [5, 5.41) is 11.3. The van der Waals surface area contributed by atoms with Gasteiger partial charge >= 0.3 is 0 Å². The number of nitrogens with zero attached hydrogens (tertiary/aromatic N) is 5. The maximum absolute atomic E-state index is 7.17. The molecule has 0 bridgehead atoms. The molecule has 50 heavy (non-hydrogen) atoms. The summed E-state index contributed by atoms with van der Waals surface area (Å²) < 4.78 is 11.5. The largest absolute Gasteiger partial charge is 0.480 e. The molecule has 3 aliphatic rings. The second-order valence-electron chi connectivity index (χ2n) is 13.8. The molecule has 2 aliphatic heterocycles. The normalized spacial score (nSPS) is 20.1. The predicted octanol–water partition coefficient (Wildman–Crippen LogP) is 6.17. The van der Waals surface area contributed by atoms with E-state index in [4.69, 9.17) is 41.0 Å². The first-order valence-electron chi connectivity index (χ1n) is 17.7. The van der Waals surface area contributed by atoms with Crippen molar-refractivity contribution in [2.45, 2.75) is 70.7 Å². The molecule has 0 spiro atoms. The Morgan fingerprint density at radius 1 is 0.940 bits per heavy atom. The number of hydrogen-bond acceptors (Lipinski definition) is 10. The van der Waals surface area contributed by atoms with E-state index >= 15 is 0 Å². The Hall–Kier alpha value is -4.09. The molecular formula is C39H47ClN8O2. The van der Waals surface area contributed by atoms with E-state index in [1.165, 1.54) is 12.8 Å². The molecular weight excluding hydrogens is 648 g/mol. The zero-order valence-corrected chi connectivity index (χ0v) is 30.2. The first-order chi connectivity index (χ1) is 24.3. The maximum atomic E-state index is 7.17. The van der Waals surface area contributed by atoms with Crippen LogP contribution in [0.2, 0.25) is 5.02 Å². The van der Waals surface area contributed by atoms with Crippen LogP contribution in [-0.2, 0) is 13.1 Å². The Morgan fingerprint density at radius 2 is 1.60 bits per heavy atom. The minimum atomic E-state index is 0.243. The van der Waals surface area contributed by atoms with Crippen molar-refractivity contribution in [3.05, 3.63) is 83.0 Å². The smallest absolute Gasteiger partial charge is 0.237 e. The molecule has 11 heteroatoms. The van der Waals surface area contributed by atoms with E-state index in [9.17, 15) is 0 Å². The minimum absolute atomic E-state index is 0.243. The summed E-state index contributed by atoms with van der Waals surface area (Å²) in [6, 6.07) is 13.3. The number of hydrogen-bond donors (Lipinski definition) is 3. The van der Waals surface area contributed by atoms with Crippen LogP contribution in [0.1, 0.15) is 49.6 Å². The molecule has 4 aromatic rings. The van der Waals surface area contributed by atoms with Crippen molar-refractivity contribution in [1.29, 1.82) is 0 Å². The van der Waals surface area contributed by atoms with Crippen molar-refractivity contribution < 1.29 is 9.47 Å². The molecule has 1 saturated carbocycles. The number of allylic oxidation sites excluding steroid dienone is 1. The first kappa shape index (κ1) is 34.4. The molecule has 262 valence electrons. The quantitative estimate of drug-likeness (QED) is 0.159. The summed E-state index contributed by atoms with van der Waals surface area (Å²) in [7, 11) is 3.29. The van der Waals surface area contributed by atoms with E-state index in [0.29, 0.717) is 41.1 Å². The van der Waals surface area contributed by atoms with Crippen molar-refractivity contribution in [3.8, 4) is 45.4 Å². The Labute approximate surface area is 300 Å². The topological polar surface area (TPSA) is 109 Å². The summed E-state index contributed by atoms with van der Waals surface area (Å²) >= 11 is 7.17. The van der Waals surface area contributed by atoms with Gasteiger partial charge in [0.05, 0.1) is 43.0 Å². The molecule has 3 unspecified atom stereocenters. The monoisotopic (exact) mass is 694 g/mol. The summed E-state index contributed by atoms with van der Waals surface area (Å²) in [5.74, 6) is 1.85. The summed E-state index contributed by atoms with van der Waals surface area (Å²) in [4.78, 5) is 21.9. The number of nitrogens with one attached hydrogen (secondary N) is 3. The molecule has 0 amide bonds. The third-order valence-electron chi connectivity index (χ3n) is 10.4. The van der Waals surface area contributed by atoms with Gasteiger partial charge in [0, 0.05) is 73.2 Å². The maximum Gasteiger partial charge on any atom is 0.237 e. The van der Waals surface area contributed by atoms with Crippen LogP contribution >= 0.6 is 11.6 Å². The van der Waals surface area contributed by atoms with Crippen molar-refractivity contribution in [2.24, 2.45) is 5.92 Å². The van der Waals surface area contributed by atoms with Gasteiger partial charge in [0.15, 0.2) is 0 Å². The number of piperazine rings is 1. The molecule has 10 nitrogen and oxygen atoms in total. The lowest BCUT2D eigenvalue weighted by Crippen LogP contribution is -2.51. The Balaban J connectivity index is 1.11. The van der Waals surface area contributed by atoms with Crippen molar-refractivity contribution in [3.63, 3.8) is 0 Å². The number of aromatic nitrogens is 4. The molecule has 0 radical (unpaired) electrons. The van der Waals surface area contributed by atoms with Crippen LogP contribution in [0.3, 0.4) is 0 Å². The van der Waals surface area contributed by atoms with Crippen LogP contribution in [0.5, 0.6) is 11.8 Å². The SMILES string of the molecule is C=C1CCC(C(C)NCc2ncc(-c3cccc(-c4cccc(-c5cnc(CN6CCNC(C7CC7)C6)c(OC)n5)c4C)c3Cl)nc2OC)N1. The fourth-order valence-electron chi connectivity index (χ4n) is 7.28. The fraction of sp³-hybridized carbons (Fsp3) is 0.436. The molecule has 3 atom stereocenters. The van der Waals surface area contributed by atoms with Gasteiger partial charge in [-0.15, -0.1) is 0 Å². The van der Waals surface area contributed by atoms with Crippen molar-refractivity contribution in [2.75, 3.05) is 33.9 Å². The van der Waals surface area contributed by atoms with Crippen LogP contribution in [0.15, 0.2) is 61.1 Å². The lowest BCUT2D eigenvalue weighted by Gasteiger charge is -2.33. The average Bonchev–Trinajstić information content (AvgIpc) is 3.90. The number of methoxy groups -OCH3 is 2. The van der Waals surface area contributed by atoms with Gasteiger partial charge in [0.2, 0.25) is 11.8 Å².